The van der Waals surface area contributed by atoms with Gasteiger partial charge in [-0.1, -0.05) is 148 Å². The molecule has 2 nitrogen and oxygen atoms in total. The lowest BCUT2D eigenvalue weighted by atomic mass is 9.65. The minimum Gasteiger partial charge on any atom is -0.310 e. The number of rotatable bonds is 6. The molecule has 0 fully saturated rings. The first-order valence-corrected chi connectivity index (χ1v) is 22.2. The number of hydrogen-bond acceptors (Lipinski definition) is 1. The summed E-state index contributed by atoms with van der Waals surface area (Å²) < 4.78 is 2.50. The van der Waals surface area contributed by atoms with Gasteiger partial charge in [-0.15, -0.1) is 0 Å². The molecule has 0 saturated heterocycles. The second-order valence-corrected chi connectivity index (χ2v) is 17.5. The standard InChI is InChI=1S/C57H52N2/c1-4-57(5-2)51-34-38(27-30-45(51)46-31-29-41(35-52(46)57)59-54-23-12-10-18-47(54)48-19-11-13-24-55(48)59)25-26-39-28-32-53(58-36-39)40-15-14-22-42-43-16-6-8-20-49(43)56(37(3)33-40)50-21-9-7-17-44(42)50/h6,8-10,12-16,18,20-21,23-37,42,56H,4-5,7,11,17,19,22H2,1-3H3/b15-14?,26-25+,40-33?. The van der Waals surface area contributed by atoms with Crippen molar-refractivity contribution in [1.29, 1.82) is 0 Å². The van der Waals surface area contributed by atoms with Gasteiger partial charge in [0.15, 0.2) is 0 Å². The van der Waals surface area contributed by atoms with Crippen molar-refractivity contribution in [1.82, 2.24) is 9.55 Å². The second kappa shape index (κ2) is 14.4. The van der Waals surface area contributed by atoms with Gasteiger partial charge in [0.1, 0.15) is 0 Å². The van der Waals surface area contributed by atoms with E-state index in [1.54, 1.807) is 11.1 Å². The van der Waals surface area contributed by atoms with Gasteiger partial charge < -0.3 is 4.57 Å². The number of aryl methyl sites for hydroxylation is 1. The molecule has 12 rings (SSSR count). The van der Waals surface area contributed by atoms with E-state index in [1.807, 2.05) is 6.20 Å². The predicted molar refractivity (Wildman–Crippen MR) is 249 cm³/mol. The van der Waals surface area contributed by atoms with E-state index in [2.05, 4.69) is 177 Å². The van der Waals surface area contributed by atoms with Crippen molar-refractivity contribution in [2.45, 2.75) is 83.0 Å². The third kappa shape index (κ3) is 5.70. The quantitative estimate of drug-likeness (QED) is 0.165. The number of aromatic nitrogens is 2. The number of allylic oxidation sites excluding steroid dienone is 9. The highest BCUT2D eigenvalue weighted by molar-refractivity contribution is 5.91. The summed E-state index contributed by atoms with van der Waals surface area (Å²) >= 11 is 0. The van der Waals surface area contributed by atoms with Crippen LogP contribution in [-0.4, -0.2) is 9.55 Å². The fourth-order valence-corrected chi connectivity index (χ4v) is 11.7. The number of hydrogen-bond donors (Lipinski definition) is 0. The van der Waals surface area contributed by atoms with E-state index in [-0.39, 0.29) is 5.41 Å². The lowest BCUT2D eigenvalue weighted by molar-refractivity contribution is 0.490. The zero-order valence-electron chi connectivity index (χ0n) is 34.6. The number of nitrogens with zero attached hydrogens (tertiary/aromatic N) is 2. The molecule has 0 spiro atoms. The summed E-state index contributed by atoms with van der Waals surface area (Å²) in [4.78, 5) is 5.07. The van der Waals surface area contributed by atoms with Crippen LogP contribution in [0.25, 0.3) is 51.5 Å². The van der Waals surface area contributed by atoms with Gasteiger partial charge in [-0.3, -0.25) is 4.98 Å². The summed E-state index contributed by atoms with van der Waals surface area (Å²) in [5.41, 5.74) is 21.9. The minimum atomic E-state index is -0.0343. The Balaban J connectivity index is 0.885. The Labute approximate surface area is 349 Å². The van der Waals surface area contributed by atoms with Gasteiger partial charge in [-0.2, -0.15) is 0 Å². The van der Waals surface area contributed by atoms with Gasteiger partial charge in [0.2, 0.25) is 0 Å². The highest BCUT2D eigenvalue weighted by Gasteiger charge is 2.41. The van der Waals surface area contributed by atoms with Crippen molar-refractivity contribution in [3.05, 3.63) is 201 Å². The van der Waals surface area contributed by atoms with Gasteiger partial charge in [0, 0.05) is 40.2 Å². The molecule has 3 atom stereocenters. The van der Waals surface area contributed by atoms with Crippen LogP contribution < -0.4 is 0 Å². The summed E-state index contributed by atoms with van der Waals surface area (Å²) in [6.07, 6.45) is 30.9. The summed E-state index contributed by atoms with van der Waals surface area (Å²) in [5.74, 6) is 1.18. The maximum atomic E-state index is 5.07. The molecule has 6 aliphatic rings. The number of benzene rings is 4. The second-order valence-electron chi connectivity index (χ2n) is 17.5. The van der Waals surface area contributed by atoms with Gasteiger partial charge in [0.25, 0.3) is 0 Å². The molecular weight excluding hydrogens is 713 g/mol. The zero-order valence-corrected chi connectivity index (χ0v) is 34.6. The lowest BCUT2D eigenvalue weighted by Gasteiger charge is -2.39. The molecule has 290 valence electrons. The van der Waals surface area contributed by atoms with Gasteiger partial charge in [-0.25, -0.2) is 0 Å². The van der Waals surface area contributed by atoms with Crippen LogP contribution in [0.4, 0.5) is 0 Å². The maximum absolute atomic E-state index is 5.07. The van der Waals surface area contributed by atoms with Crippen LogP contribution in [0.3, 0.4) is 0 Å². The zero-order chi connectivity index (χ0) is 39.7. The molecule has 4 aromatic carbocycles. The molecule has 0 radical (unpaired) electrons. The van der Waals surface area contributed by atoms with Gasteiger partial charge >= 0.3 is 0 Å². The Morgan fingerprint density at radius 1 is 0.729 bits per heavy atom. The molecule has 0 N–H and O–H groups in total. The smallest absolute Gasteiger partial charge is 0.0699 e. The fraction of sp³-hybridized carbons (Fsp3) is 0.246. The van der Waals surface area contributed by atoms with Crippen LogP contribution in [0.15, 0.2) is 151 Å². The van der Waals surface area contributed by atoms with Gasteiger partial charge in [0.05, 0.1) is 11.2 Å². The average Bonchev–Trinajstić information content (AvgIpc) is 3.77. The molecule has 0 saturated carbocycles. The molecule has 0 amide bonds. The summed E-state index contributed by atoms with van der Waals surface area (Å²) in [6.45, 7) is 7.14. The molecule has 2 bridgehead atoms. The molecule has 6 aromatic rings. The Morgan fingerprint density at radius 3 is 2.32 bits per heavy atom. The lowest BCUT2D eigenvalue weighted by Crippen LogP contribution is -2.24. The molecule has 6 aliphatic carbocycles. The van der Waals surface area contributed by atoms with Crippen molar-refractivity contribution in [2.24, 2.45) is 5.92 Å². The first-order chi connectivity index (χ1) is 29.1. The Bertz CT molecular complexity index is 2840. The normalized spacial score (nSPS) is 21.0. The van der Waals surface area contributed by atoms with Crippen molar-refractivity contribution in [3.63, 3.8) is 0 Å². The first kappa shape index (κ1) is 36.1. The highest BCUT2D eigenvalue weighted by Crippen LogP contribution is 2.54. The van der Waals surface area contributed by atoms with E-state index in [4.69, 9.17) is 4.98 Å². The maximum Gasteiger partial charge on any atom is 0.0699 e. The van der Waals surface area contributed by atoms with E-state index in [1.165, 1.54) is 78.8 Å². The van der Waals surface area contributed by atoms with Crippen LogP contribution in [0.2, 0.25) is 0 Å². The summed E-state index contributed by atoms with van der Waals surface area (Å²) in [5, 5.41) is 1.38. The summed E-state index contributed by atoms with van der Waals surface area (Å²) in [6, 6.07) is 37.0. The summed E-state index contributed by atoms with van der Waals surface area (Å²) in [7, 11) is 0. The highest BCUT2D eigenvalue weighted by atomic mass is 15.0. The van der Waals surface area contributed by atoms with E-state index in [0.717, 1.165) is 49.8 Å². The van der Waals surface area contributed by atoms with Crippen LogP contribution in [-0.2, 0) is 11.8 Å². The largest absolute Gasteiger partial charge is 0.310 e. The predicted octanol–water partition coefficient (Wildman–Crippen LogP) is 14.7. The third-order valence-corrected chi connectivity index (χ3v) is 14.6. The number of para-hydroxylation sites is 1. The Hall–Kier alpha value is -5.99. The fourth-order valence-electron chi connectivity index (χ4n) is 11.7. The van der Waals surface area contributed by atoms with Crippen LogP contribution in [0.5, 0.6) is 0 Å². The van der Waals surface area contributed by atoms with E-state index in [0.29, 0.717) is 17.8 Å². The van der Waals surface area contributed by atoms with E-state index < -0.39 is 0 Å². The SMILES string of the molecule is CCC1(CC)c2cc(/C=C/c3ccc(C4=CC(C)C5C6=C(CCC=C6)C(CC=C4)c4ccccc45)nc3)ccc2-c2ccc(-n3c4c(c5ccccc53)CCC=C4)cc21. The molecule has 0 aliphatic heterocycles. The van der Waals surface area contributed by atoms with Crippen molar-refractivity contribution < 1.29 is 0 Å². The topological polar surface area (TPSA) is 17.8 Å². The van der Waals surface area contributed by atoms with E-state index >= 15 is 0 Å². The average molecular weight is 765 g/mol. The third-order valence-electron chi connectivity index (χ3n) is 14.6. The van der Waals surface area contributed by atoms with Crippen molar-refractivity contribution in [2.75, 3.05) is 0 Å². The molecule has 59 heavy (non-hydrogen) atoms. The van der Waals surface area contributed by atoms with Crippen LogP contribution >= 0.6 is 0 Å². The molecule has 2 aromatic heterocycles. The molecular formula is C57H52N2. The Morgan fingerprint density at radius 2 is 1.47 bits per heavy atom. The molecule has 3 unspecified atom stereocenters. The first-order valence-electron chi connectivity index (χ1n) is 22.2. The molecule has 2 heteroatoms. The van der Waals surface area contributed by atoms with E-state index in [9.17, 15) is 0 Å². The molecule has 2 heterocycles. The monoisotopic (exact) mass is 764 g/mol. The van der Waals surface area contributed by atoms with Gasteiger partial charge in [-0.05, 0) is 142 Å². The van der Waals surface area contributed by atoms with Crippen LogP contribution in [0, 0.1) is 5.92 Å². The number of pyridine rings is 1. The Kier molecular flexibility index (Phi) is 8.80. The van der Waals surface area contributed by atoms with Crippen molar-refractivity contribution >= 4 is 34.7 Å². The van der Waals surface area contributed by atoms with Crippen LogP contribution in [0.1, 0.15) is 121 Å². The minimum absolute atomic E-state index is 0.0343. The van der Waals surface area contributed by atoms with Crippen molar-refractivity contribution in [3.8, 4) is 16.8 Å². The number of fused-ring (bicyclic) bond motifs is 9.